The van der Waals surface area contributed by atoms with Crippen molar-refractivity contribution in [3.05, 3.63) is 58.2 Å². The average molecular weight is 324 g/mol. The fourth-order valence-electron chi connectivity index (χ4n) is 2.93. The predicted octanol–water partition coefficient (Wildman–Crippen LogP) is 3.16. The number of rotatable bonds is 3. The van der Waals surface area contributed by atoms with Gasteiger partial charge in [-0.2, -0.15) is 5.11 Å². The van der Waals surface area contributed by atoms with Crippen molar-refractivity contribution in [3.63, 3.8) is 0 Å². The van der Waals surface area contributed by atoms with Crippen LogP contribution in [0.3, 0.4) is 0 Å². The zero-order chi connectivity index (χ0) is 15.8. The van der Waals surface area contributed by atoms with Gasteiger partial charge in [-0.25, -0.2) is 0 Å². The monoisotopic (exact) mass is 323 g/mol. The van der Waals surface area contributed by atoms with Gasteiger partial charge in [0.25, 0.3) is 0 Å². The largest absolute Gasteiger partial charge is 0.497 e. The molecule has 0 bridgehead atoms. The van der Waals surface area contributed by atoms with E-state index in [0.29, 0.717) is 5.03 Å². The molecule has 1 aliphatic heterocycles. The van der Waals surface area contributed by atoms with Crippen molar-refractivity contribution >= 4 is 34.6 Å². The number of hydrogen-bond acceptors (Lipinski definition) is 4. The minimum atomic E-state index is 0.214. The Morgan fingerprint density at radius 3 is 2.74 bits per heavy atom. The number of azo groups is 1. The lowest BCUT2D eigenvalue weighted by molar-refractivity contribution is 0.414. The zero-order valence-corrected chi connectivity index (χ0v) is 13.3. The van der Waals surface area contributed by atoms with Gasteiger partial charge in [-0.15, -0.1) is 5.11 Å². The summed E-state index contributed by atoms with van der Waals surface area (Å²) in [5, 5.41) is 10.8. The van der Waals surface area contributed by atoms with E-state index in [1.54, 1.807) is 19.5 Å². The molecule has 4 nitrogen and oxygen atoms in total. The molecular weight excluding hydrogens is 310 g/mol. The number of fused-ring (bicyclic) bond motifs is 3. The second-order valence-electron chi connectivity index (χ2n) is 5.56. The van der Waals surface area contributed by atoms with Gasteiger partial charge in [0, 0.05) is 16.4 Å². The van der Waals surface area contributed by atoms with Gasteiger partial charge in [-0.3, -0.25) is 4.98 Å². The molecular formula is C18H14ClN3O. The van der Waals surface area contributed by atoms with Gasteiger partial charge in [0.05, 0.1) is 30.2 Å². The van der Waals surface area contributed by atoms with Crippen molar-refractivity contribution in [3.8, 4) is 5.75 Å². The van der Waals surface area contributed by atoms with E-state index in [9.17, 15) is 0 Å². The first-order chi connectivity index (χ1) is 11.2. The lowest BCUT2D eigenvalue weighted by Gasteiger charge is -2.15. The highest BCUT2D eigenvalue weighted by Gasteiger charge is 2.17. The summed E-state index contributed by atoms with van der Waals surface area (Å²) in [7, 11) is 1.67. The van der Waals surface area contributed by atoms with Crippen LogP contribution < -0.4 is 15.2 Å². The van der Waals surface area contributed by atoms with Crippen molar-refractivity contribution in [1.29, 1.82) is 0 Å². The molecule has 0 saturated heterocycles. The molecule has 4 rings (SSSR count). The molecule has 0 saturated carbocycles. The van der Waals surface area contributed by atoms with Crippen LogP contribution in [0.4, 0.5) is 5.69 Å². The Labute approximate surface area is 138 Å². The van der Waals surface area contributed by atoms with Gasteiger partial charge in [0.1, 0.15) is 11.4 Å². The SMILES string of the molecule is COc1ccc(CC2C=C(Cl)c3ncc4c(c3=C2)=CN=N4)cc1. The first-order valence-electron chi connectivity index (χ1n) is 7.37. The summed E-state index contributed by atoms with van der Waals surface area (Å²) in [6.45, 7) is 0. The smallest absolute Gasteiger partial charge is 0.118 e. The van der Waals surface area contributed by atoms with Gasteiger partial charge in [-0.1, -0.05) is 35.9 Å². The highest BCUT2D eigenvalue weighted by molar-refractivity contribution is 6.48. The highest BCUT2D eigenvalue weighted by Crippen LogP contribution is 2.25. The van der Waals surface area contributed by atoms with E-state index in [2.05, 4.69) is 39.5 Å². The Morgan fingerprint density at radius 2 is 1.96 bits per heavy atom. The Bertz CT molecular complexity index is 945. The third-order valence-electron chi connectivity index (χ3n) is 4.09. The number of methoxy groups -OCH3 is 1. The predicted molar refractivity (Wildman–Crippen MR) is 91.0 cm³/mol. The standard InChI is InChI=1S/C18H14ClN3O/c1-23-13-4-2-11(3-5-13)6-12-7-14-15-9-21-22-17(15)10-20-18(14)16(19)8-12/h2-5,7-10,12H,6H2,1H3. The number of aromatic nitrogens is 1. The van der Waals surface area contributed by atoms with E-state index >= 15 is 0 Å². The second-order valence-corrected chi connectivity index (χ2v) is 5.97. The van der Waals surface area contributed by atoms with E-state index in [4.69, 9.17) is 16.3 Å². The lowest BCUT2D eigenvalue weighted by Crippen LogP contribution is -2.31. The van der Waals surface area contributed by atoms with Crippen LogP contribution in [-0.2, 0) is 6.42 Å². The van der Waals surface area contributed by atoms with Crippen molar-refractivity contribution < 1.29 is 4.74 Å². The first kappa shape index (κ1) is 14.2. The molecule has 2 aliphatic rings. The molecule has 1 unspecified atom stereocenters. The maximum Gasteiger partial charge on any atom is 0.118 e. The Balaban J connectivity index is 1.72. The van der Waals surface area contributed by atoms with Crippen molar-refractivity contribution in [2.24, 2.45) is 16.1 Å². The lowest BCUT2D eigenvalue weighted by atomic mass is 9.93. The van der Waals surface area contributed by atoms with Gasteiger partial charge >= 0.3 is 0 Å². The summed E-state index contributed by atoms with van der Waals surface area (Å²) in [5.74, 6) is 1.07. The molecule has 2 heterocycles. The molecule has 0 radical (unpaired) electrons. The molecule has 1 atom stereocenters. The van der Waals surface area contributed by atoms with E-state index in [-0.39, 0.29) is 5.92 Å². The summed E-state index contributed by atoms with van der Waals surface area (Å²) in [4.78, 5) is 4.41. The van der Waals surface area contributed by atoms with Gasteiger partial charge in [-0.05, 0) is 24.1 Å². The molecule has 0 fully saturated rings. The third-order valence-corrected chi connectivity index (χ3v) is 4.39. The van der Waals surface area contributed by atoms with Crippen LogP contribution in [0, 0.1) is 5.92 Å². The molecule has 0 spiro atoms. The van der Waals surface area contributed by atoms with Crippen molar-refractivity contribution in [2.45, 2.75) is 6.42 Å². The first-order valence-corrected chi connectivity index (χ1v) is 7.75. The van der Waals surface area contributed by atoms with E-state index in [1.807, 2.05) is 12.1 Å². The summed E-state index contributed by atoms with van der Waals surface area (Å²) < 4.78 is 5.20. The summed E-state index contributed by atoms with van der Waals surface area (Å²) >= 11 is 6.44. The molecule has 1 aliphatic carbocycles. The third kappa shape index (κ3) is 2.55. The number of halogens is 1. The fraction of sp³-hybridized carbons (Fsp3) is 0.167. The average Bonchev–Trinajstić information content (AvgIpc) is 3.05. The van der Waals surface area contributed by atoms with Gasteiger partial charge in [0.2, 0.25) is 0 Å². The minimum Gasteiger partial charge on any atom is -0.497 e. The van der Waals surface area contributed by atoms with Crippen LogP contribution in [0.1, 0.15) is 11.3 Å². The molecule has 0 N–H and O–H groups in total. The van der Waals surface area contributed by atoms with Gasteiger partial charge in [0.15, 0.2) is 0 Å². The Kier molecular flexibility index (Phi) is 3.46. The number of nitrogens with zero attached hydrogens (tertiary/aromatic N) is 3. The minimum absolute atomic E-state index is 0.214. The normalized spacial score (nSPS) is 17.7. The van der Waals surface area contributed by atoms with Gasteiger partial charge < -0.3 is 4.74 Å². The fourth-order valence-corrected chi connectivity index (χ4v) is 3.25. The maximum absolute atomic E-state index is 6.44. The second kappa shape index (κ2) is 5.63. The molecule has 5 heteroatoms. The van der Waals surface area contributed by atoms with E-state index in [0.717, 1.165) is 34.0 Å². The number of pyridine rings is 1. The molecule has 1 aromatic carbocycles. The number of allylic oxidation sites excluding steroid dienone is 1. The molecule has 23 heavy (non-hydrogen) atoms. The quantitative estimate of drug-likeness (QED) is 0.871. The summed E-state index contributed by atoms with van der Waals surface area (Å²) in [6, 6.07) is 8.10. The molecule has 0 amide bonds. The summed E-state index contributed by atoms with van der Waals surface area (Å²) in [5.41, 5.74) is 2.84. The highest BCUT2D eigenvalue weighted by atomic mass is 35.5. The maximum atomic E-state index is 6.44. The van der Waals surface area contributed by atoms with Crippen molar-refractivity contribution in [1.82, 2.24) is 4.98 Å². The number of ether oxygens (including phenoxy) is 1. The van der Waals surface area contributed by atoms with Crippen LogP contribution in [0.25, 0.3) is 17.3 Å². The van der Waals surface area contributed by atoms with Crippen LogP contribution in [0.2, 0.25) is 0 Å². The molecule has 1 aromatic heterocycles. The molecule has 114 valence electrons. The Hall–Kier alpha value is -2.46. The van der Waals surface area contributed by atoms with E-state index in [1.165, 1.54) is 5.56 Å². The number of hydrogen-bond donors (Lipinski definition) is 0. The van der Waals surface area contributed by atoms with E-state index < -0.39 is 0 Å². The molecule has 2 aromatic rings. The zero-order valence-electron chi connectivity index (χ0n) is 12.5. The van der Waals surface area contributed by atoms with Crippen molar-refractivity contribution in [2.75, 3.05) is 7.11 Å². The topological polar surface area (TPSA) is 46.8 Å². The van der Waals surface area contributed by atoms with Crippen LogP contribution in [0.15, 0.2) is 46.8 Å². The van der Waals surface area contributed by atoms with Crippen LogP contribution in [-0.4, -0.2) is 12.1 Å². The van der Waals surface area contributed by atoms with Crippen LogP contribution >= 0.6 is 11.6 Å². The Morgan fingerprint density at radius 1 is 1.13 bits per heavy atom. The number of benzene rings is 1. The van der Waals surface area contributed by atoms with Crippen LogP contribution in [0.5, 0.6) is 5.75 Å². The summed E-state index contributed by atoms with van der Waals surface area (Å²) in [6.07, 6.45) is 8.61.